The van der Waals surface area contributed by atoms with E-state index in [9.17, 15) is 18.6 Å². The van der Waals surface area contributed by atoms with Gasteiger partial charge in [-0.1, -0.05) is 0 Å². The maximum absolute atomic E-state index is 14.7. The number of aromatic hydroxyl groups is 2. The Morgan fingerprint density at radius 3 is 0.951 bits per heavy atom. The zero-order valence-electron chi connectivity index (χ0n) is 26.2. The second-order valence-electron chi connectivity index (χ2n) is 11.3. The Morgan fingerprint density at radius 2 is 0.707 bits per heavy atom. The van der Waals surface area contributed by atoms with E-state index in [-0.39, 0.29) is 55.8 Å². The summed E-state index contributed by atoms with van der Waals surface area (Å²) >= 11 is 0. The van der Waals surface area contributed by atoms with Crippen LogP contribution in [-0.2, 0) is 9.84 Å². The molecule has 0 saturated heterocycles. The van der Waals surface area contributed by atoms with Crippen LogP contribution in [0.5, 0.6) is 46.0 Å². The molecule has 0 spiro atoms. The molecule has 10 nitrogen and oxygen atoms in total. The molecule has 0 saturated carbocycles. The van der Waals surface area contributed by atoms with Gasteiger partial charge < -0.3 is 38.6 Å². The Balaban J connectivity index is 3.14. The van der Waals surface area contributed by atoms with Crippen molar-refractivity contribution in [1.82, 2.24) is 0 Å². The summed E-state index contributed by atoms with van der Waals surface area (Å²) in [5.41, 5.74) is 0. The van der Waals surface area contributed by atoms with Crippen molar-refractivity contribution in [2.24, 2.45) is 0 Å². The number of phenols is 2. The maximum atomic E-state index is 14.7. The van der Waals surface area contributed by atoms with Gasteiger partial charge in [-0.15, -0.1) is 0 Å². The predicted octanol–water partition coefficient (Wildman–Crippen LogP) is 6.65. The minimum atomic E-state index is -4.55. The van der Waals surface area contributed by atoms with E-state index in [4.69, 9.17) is 28.4 Å². The van der Waals surface area contributed by atoms with Crippen LogP contribution < -0.4 is 28.4 Å². The number of hydrogen-bond acceptors (Lipinski definition) is 10. The molecule has 0 atom stereocenters. The number of hydrogen-bond donors (Lipinski definition) is 2. The highest BCUT2D eigenvalue weighted by molar-refractivity contribution is 7.91. The first-order chi connectivity index (χ1) is 18.9. The summed E-state index contributed by atoms with van der Waals surface area (Å²) in [7, 11) is -4.55. The number of ether oxygens (including phenoxy) is 6. The van der Waals surface area contributed by atoms with E-state index >= 15 is 0 Å². The lowest BCUT2D eigenvalue weighted by Gasteiger charge is -2.25. The van der Waals surface area contributed by atoms with Crippen LogP contribution in [0.1, 0.15) is 83.1 Å². The number of sulfone groups is 1. The average molecular weight is 599 g/mol. The highest BCUT2D eigenvalue weighted by Gasteiger charge is 2.37. The van der Waals surface area contributed by atoms with Gasteiger partial charge in [0.2, 0.25) is 32.8 Å². The van der Waals surface area contributed by atoms with Gasteiger partial charge in [0.25, 0.3) is 0 Å². The van der Waals surface area contributed by atoms with Gasteiger partial charge in [-0.25, -0.2) is 8.42 Å². The summed E-state index contributed by atoms with van der Waals surface area (Å²) < 4.78 is 64.7. The van der Waals surface area contributed by atoms with Crippen LogP contribution >= 0.6 is 0 Å². The van der Waals surface area contributed by atoms with Crippen molar-refractivity contribution in [3.8, 4) is 46.0 Å². The van der Waals surface area contributed by atoms with Crippen molar-refractivity contribution >= 4 is 9.84 Å². The molecule has 0 radical (unpaired) electrons. The molecular weight excluding hydrogens is 552 g/mol. The fourth-order valence-corrected chi connectivity index (χ4v) is 5.29. The molecular formula is C30H46O10S. The molecule has 232 valence electrons. The van der Waals surface area contributed by atoms with Crippen LogP contribution in [-0.4, -0.2) is 55.3 Å². The van der Waals surface area contributed by atoms with E-state index < -0.39 is 46.5 Å². The molecule has 2 aromatic carbocycles. The van der Waals surface area contributed by atoms with Crippen molar-refractivity contribution in [3.05, 3.63) is 12.1 Å². The van der Waals surface area contributed by atoms with Crippen molar-refractivity contribution in [3.63, 3.8) is 0 Å². The topological polar surface area (TPSA) is 130 Å². The van der Waals surface area contributed by atoms with E-state index in [0.717, 1.165) is 0 Å². The first-order valence-electron chi connectivity index (χ1n) is 13.9. The molecule has 0 aliphatic heterocycles. The van der Waals surface area contributed by atoms with Crippen molar-refractivity contribution < 1.29 is 47.1 Å². The molecule has 2 rings (SSSR count). The number of benzene rings is 2. The molecule has 0 aliphatic carbocycles. The fraction of sp³-hybridized carbons (Fsp3) is 0.600. The van der Waals surface area contributed by atoms with Crippen LogP contribution in [0.15, 0.2) is 21.9 Å². The third-order valence-corrected chi connectivity index (χ3v) is 6.76. The minimum absolute atomic E-state index is 0.104. The lowest BCUT2D eigenvalue weighted by molar-refractivity contribution is 0.178. The smallest absolute Gasteiger partial charge is 0.214 e. The van der Waals surface area contributed by atoms with Crippen LogP contribution in [0.3, 0.4) is 0 Å². The van der Waals surface area contributed by atoms with E-state index in [1.165, 1.54) is 12.1 Å². The Bertz CT molecular complexity index is 1200. The molecule has 0 aromatic heterocycles. The molecule has 0 aliphatic rings. The first kappa shape index (κ1) is 34.0. The molecule has 2 N–H and O–H groups in total. The molecule has 0 unspecified atom stereocenters. The summed E-state index contributed by atoms with van der Waals surface area (Å²) in [4.78, 5) is -0.666. The van der Waals surface area contributed by atoms with Crippen molar-refractivity contribution in [1.29, 1.82) is 0 Å². The molecule has 0 fully saturated rings. The summed E-state index contributed by atoms with van der Waals surface area (Å²) in [6.45, 7) is 20.8. The third-order valence-electron chi connectivity index (χ3n) is 5.00. The third kappa shape index (κ3) is 8.40. The SMILES string of the molecule is CC(C)Oc1cc(S(=O)(=O)c2cc(OC(C)C)c(O)c(OC(C)C)c2OC(C)C)c(OC(C)C)c(OC(C)C)c1O. The summed E-state index contributed by atoms with van der Waals surface area (Å²) in [6.07, 6.45) is -2.64. The van der Waals surface area contributed by atoms with E-state index in [0.29, 0.717) is 0 Å². The number of phenolic OH excluding ortho intramolecular Hbond substituents is 2. The average Bonchev–Trinajstić information content (AvgIpc) is 2.80. The quantitative estimate of drug-likeness (QED) is 0.244. The normalized spacial score (nSPS) is 12.1. The highest BCUT2D eigenvalue weighted by Crippen LogP contribution is 2.54. The highest BCUT2D eigenvalue weighted by atomic mass is 32.2. The molecule has 41 heavy (non-hydrogen) atoms. The van der Waals surface area contributed by atoms with Crippen LogP contribution in [0.2, 0.25) is 0 Å². The second kappa shape index (κ2) is 13.6. The Hall–Kier alpha value is -3.21. The number of rotatable bonds is 14. The van der Waals surface area contributed by atoms with Crippen molar-refractivity contribution in [2.45, 2.75) is 129 Å². The Kier molecular flexibility index (Phi) is 11.3. The molecule has 11 heteroatoms. The zero-order chi connectivity index (χ0) is 31.4. The minimum Gasteiger partial charge on any atom is -0.502 e. The van der Waals surface area contributed by atoms with Gasteiger partial charge in [0, 0.05) is 12.1 Å². The summed E-state index contributed by atoms with van der Waals surface area (Å²) in [5.74, 6) is -1.72. The van der Waals surface area contributed by atoms with Gasteiger partial charge >= 0.3 is 0 Å². The van der Waals surface area contributed by atoms with E-state index in [1.54, 1.807) is 83.1 Å². The van der Waals surface area contributed by atoms with Crippen LogP contribution in [0.25, 0.3) is 0 Å². The standard InChI is InChI=1S/C30H46O10S/c1-15(2)35-21-13-23(27(37-17(5)6)29(25(21)31)39-19(9)10)41(33,34)24-14-22(36-16(3)4)26(32)30(40-20(11)12)28(24)38-18(7)8/h13-20,31-32H,1-12H3. The van der Waals surface area contributed by atoms with E-state index in [2.05, 4.69) is 0 Å². The van der Waals surface area contributed by atoms with Gasteiger partial charge in [0.15, 0.2) is 23.0 Å². The fourth-order valence-electron chi connectivity index (χ4n) is 3.76. The monoisotopic (exact) mass is 598 g/mol. The van der Waals surface area contributed by atoms with Gasteiger partial charge in [0.1, 0.15) is 9.79 Å². The van der Waals surface area contributed by atoms with Crippen molar-refractivity contribution in [2.75, 3.05) is 0 Å². The Morgan fingerprint density at radius 1 is 0.463 bits per heavy atom. The molecule has 2 aromatic rings. The lowest BCUT2D eigenvalue weighted by atomic mass is 10.2. The largest absolute Gasteiger partial charge is 0.502 e. The maximum Gasteiger partial charge on any atom is 0.214 e. The zero-order valence-corrected chi connectivity index (χ0v) is 27.0. The predicted molar refractivity (Wildman–Crippen MR) is 156 cm³/mol. The van der Waals surface area contributed by atoms with Gasteiger partial charge in [-0.2, -0.15) is 0 Å². The second-order valence-corrected chi connectivity index (χ2v) is 13.1. The summed E-state index contributed by atoms with van der Waals surface area (Å²) in [5, 5.41) is 22.2. The first-order valence-corrected chi connectivity index (χ1v) is 15.4. The molecule has 0 bridgehead atoms. The van der Waals surface area contributed by atoms with Gasteiger partial charge in [0.05, 0.1) is 36.6 Å². The molecule has 0 amide bonds. The van der Waals surface area contributed by atoms with Gasteiger partial charge in [-0.05, 0) is 83.1 Å². The van der Waals surface area contributed by atoms with Crippen LogP contribution in [0.4, 0.5) is 0 Å². The van der Waals surface area contributed by atoms with Gasteiger partial charge in [-0.3, -0.25) is 0 Å². The van der Waals surface area contributed by atoms with E-state index in [1.807, 2.05) is 0 Å². The Labute approximate surface area is 244 Å². The lowest BCUT2D eigenvalue weighted by Crippen LogP contribution is -2.18. The molecule has 0 heterocycles. The van der Waals surface area contributed by atoms with Crippen LogP contribution in [0, 0.1) is 0 Å². The summed E-state index contributed by atoms with van der Waals surface area (Å²) in [6, 6.07) is 2.40.